The fourth-order valence-corrected chi connectivity index (χ4v) is 4.24. The van der Waals surface area contributed by atoms with Gasteiger partial charge in [-0.25, -0.2) is 0 Å². The smallest absolute Gasteiger partial charge is 0.254 e. The van der Waals surface area contributed by atoms with Crippen LogP contribution in [-0.4, -0.2) is 28.4 Å². The standard InChI is InChI=1S/C22H24N2O/c1-2-19(16-7-4-3-5-8-16)21-9-6-14-24(21)22(25)18-11-10-17-12-13-23-20(17)15-18/h3-5,7-8,10-13,15,19,21,23H,2,6,9,14H2,1H3/t19-,21+/m1/s1. The van der Waals surface area contributed by atoms with Crippen LogP contribution < -0.4 is 0 Å². The van der Waals surface area contributed by atoms with Gasteiger partial charge in [-0.05, 0) is 48.4 Å². The molecule has 1 amide bonds. The molecule has 2 aromatic carbocycles. The lowest BCUT2D eigenvalue weighted by molar-refractivity contribution is 0.0714. The quantitative estimate of drug-likeness (QED) is 0.720. The molecule has 3 aromatic rings. The van der Waals surface area contributed by atoms with E-state index in [2.05, 4.69) is 47.1 Å². The van der Waals surface area contributed by atoms with Crippen LogP contribution in [0.5, 0.6) is 0 Å². The van der Waals surface area contributed by atoms with Crippen molar-refractivity contribution in [1.29, 1.82) is 0 Å². The van der Waals surface area contributed by atoms with Gasteiger partial charge >= 0.3 is 0 Å². The number of aromatic nitrogens is 1. The molecule has 1 aromatic heterocycles. The van der Waals surface area contributed by atoms with Crippen molar-refractivity contribution in [2.45, 2.75) is 38.1 Å². The summed E-state index contributed by atoms with van der Waals surface area (Å²) in [5, 5.41) is 1.14. The van der Waals surface area contributed by atoms with Crippen LogP contribution in [0.1, 0.15) is 48.0 Å². The maximum absolute atomic E-state index is 13.2. The molecule has 3 nitrogen and oxygen atoms in total. The van der Waals surface area contributed by atoms with Crippen LogP contribution >= 0.6 is 0 Å². The first-order valence-corrected chi connectivity index (χ1v) is 9.21. The highest BCUT2D eigenvalue weighted by molar-refractivity contribution is 5.98. The maximum atomic E-state index is 13.2. The van der Waals surface area contributed by atoms with Gasteiger partial charge in [0.25, 0.3) is 5.91 Å². The number of benzene rings is 2. The number of amides is 1. The number of likely N-dealkylation sites (tertiary alicyclic amines) is 1. The number of nitrogens with zero attached hydrogens (tertiary/aromatic N) is 1. The number of hydrogen-bond donors (Lipinski definition) is 1. The Bertz CT molecular complexity index is 868. The predicted octanol–water partition coefficient (Wildman–Crippen LogP) is 4.97. The summed E-state index contributed by atoms with van der Waals surface area (Å²) in [7, 11) is 0. The van der Waals surface area contributed by atoms with Crippen LogP contribution in [0.3, 0.4) is 0 Å². The lowest BCUT2D eigenvalue weighted by Crippen LogP contribution is -2.39. The fourth-order valence-electron chi connectivity index (χ4n) is 4.24. The molecule has 0 bridgehead atoms. The van der Waals surface area contributed by atoms with Gasteiger partial charge < -0.3 is 9.88 Å². The molecule has 1 N–H and O–H groups in total. The predicted molar refractivity (Wildman–Crippen MR) is 102 cm³/mol. The fraction of sp³-hybridized carbons (Fsp3) is 0.318. The molecule has 128 valence electrons. The van der Waals surface area contributed by atoms with Crippen molar-refractivity contribution in [2.75, 3.05) is 6.54 Å². The lowest BCUT2D eigenvalue weighted by Gasteiger charge is -2.31. The summed E-state index contributed by atoms with van der Waals surface area (Å²) in [4.78, 5) is 18.5. The largest absolute Gasteiger partial charge is 0.361 e. The minimum absolute atomic E-state index is 0.161. The minimum Gasteiger partial charge on any atom is -0.361 e. The van der Waals surface area contributed by atoms with Crippen molar-refractivity contribution in [3.63, 3.8) is 0 Å². The Morgan fingerprint density at radius 1 is 1.20 bits per heavy atom. The highest BCUT2D eigenvalue weighted by atomic mass is 16.2. The van der Waals surface area contributed by atoms with Gasteiger partial charge in [0.1, 0.15) is 0 Å². The van der Waals surface area contributed by atoms with E-state index in [0.29, 0.717) is 12.0 Å². The third kappa shape index (κ3) is 2.95. The monoisotopic (exact) mass is 332 g/mol. The van der Waals surface area contributed by atoms with Gasteiger partial charge in [-0.1, -0.05) is 43.3 Å². The summed E-state index contributed by atoms with van der Waals surface area (Å²) >= 11 is 0. The number of carbonyl (C=O) groups excluding carboxylic acids is 1. The normalized spacial score (nSPS) is 18.6. The average Bonchev–Trinajstić information content (AvgIpc) is 3.31. The van der Waals surface area contributed by atoms with Crippen molar-refractivity contribution >= 4 is 16.8 Å². The SMILES string of the molecule is CC[C@H](c1ccccc1)[C@@H]1CCCN1C(=O)c1ccc2cc[nH]c2c1. The van der Waals surface area contributed by atoms with E-state index in [9.17, 15) is 4.79 Å². The summed E-state index contributed by atoms with van der Waals surface area (Å²) in [5.74, 6) is 0.565. The van der Waals surface area contributed by atoms with Crippen molar-refractivity contribution in [3.8, 4) is 0 Å². The number of H-pyrrole nitrogens is 1. The van der Waals surface area contributed by atoms with E-state index in [1.807, 2.05) is 30.5 Å². The third-order valence-electron chi connectivity index (χ3n) is 5.49. The summed E-state index contributed by atoms with van der Waals surface area (Å²) in [6, 6.07) is 18.9. The van der Waals surface area contributed by atoms with E-state index in [0.717, 1.165) is 42.3 Å². The van der Waals surface area contributed by atoms with Gasteiger partial charge in [-0.2, -0.15) is 0 Å². The summed E-state index contributed by atoms with van der Waals surface area (Å²) < 4.78 is 0. The topological polar surface area (TPSA) is 36.1 Å². The zero-order chi connectivity index (χ0) is 17.2. The van der Waals surface area contributed by atoms with Crippen LogP contribution in [0.2, 0.25) is 0 Å². The Morgan fingerprint density at radius 3 is 2.84 bits per heavy atom. The number of nitrogens with one attached hydrogen (secondary N) is 1. The first-order chi connectivity index (χ1) is 12.3. The second-order valence-corrected chi connectivity index (χ2v) is 6.91. The van der Waals surface area contributed by atoms with E-state index < -0.39 is 0 Å². The summed E-state index contributed by atoms with van der Waals surface area (Å²) in [6.07, 6.45) is 5.14. The maximum Gasteiger partial charge on any atom is 0.254 e. The molecule has 25 heavy (non-hydrogen) atoms. The number of fused-ring (bicyclic) bond motifs is 1. The van der Waals surface area contributed by atoms with Crippen LogP contribution in [0.4, 0.5) is 0 Å². The van der Waals surface area contributed by atoms with Crippen molar-refractivity contribution in [1.82, 2.24) is 9.88 Å². The highest BCUT2D eigenvalue weighted by Crippen LogP contribution is 2.34. The third-order valence-corrected chi connectivity index (χ3v) is 5.49. The second-order valence-electron chi connectivity index (χ2n) is 6.91. The van der Waals surface area contributed by atoms with Crippen molar-refractivity contribution < 1.29 is 4.79 Å². The number of rotatable bonds is 4. The molecular weight excluding hydrogens is 308 g/mol. The zero-order valence-electron chi connectivity index (χ0n) is 14.6. The van der Waals surface area contributed by atoms with Gasteiger partial charge in [0.2, 0.25) is 0 Å². The summed E-state index contributed by atoms with van der Waals surface area (Å²) in [5.41, 5.74) is 3.15. The number of carbonyl (C=O) groups is 1. The molecule has 1 aliphatic heterocycles. The molecule has 4 rings (SSSR count). The molecule has 0 saturated carbocycles. The Labute approximate surface area is 148 Å². The molecule has 1 fully saturated rings. The first-order valence-electron chi connectivity index (χ1n) is 9.21. The van der Waals surface area contributed by atoms with E-state index in [-0.39, 0.29) is 5.91 Å². The van der Waals surface area contributed by atoms with Gasteiger partial charge in [-0.15, -0.1) is 0 Å². The zero-order valence-corrected chi connectivity index (χ0v) is 14.6. The molecule has 2 heterocycles. The average molecular weight is 332 g/mol. The van der Waals surface area contributed by atoms with E-state index in [4.69, 9.17) is 0 Å². The van der Waals surface area contributed by atoms with Crippen molar-refractivity contribution in [3.05, 3.63) is 71.9 Å². The van der Waals surface area contributed by atoms with E-state index in [1.165, 1.54) is 5.56 Å². The Hall–Kier alpha value is -2.55. The van der Waals surface area contributed by atoms with Gasteiger partial charge in [0, 0.05) is 35.8 Å². The molecule has 0 radical (unpaired) electrons. The Kier molecular flexibility index (Phi) is 4.31. The molecule has 1 aliphatic rings. The molecule has 0 aliphatic carbocycles. The second kappa shape index (κ2) is 6.75. The minimum atomic E-state index is 0.161. The first kappa shape index (κ1) is 15.9. The highest BCUT2D eigenvalue weighted by Gasteiger charge is 2.35. The van der Waals surface area contributed by atoms with Crippen LogP contribution in [0.15, 0.2) is 60.8 Å². The Morgan fingerprint density at radius 2 is 2.04 bits per heavy atom. The molecule has 0 spiro atoms. The van der Waals surface area contributed by atoms with Gasteiger partial charge in [0.15, 0.2) is 0 Å². The van der Waals surface area contributed by atoms with Gasteiger partial charge in [-0.3, -0.25) is 4.79 Å². The molecule has 2 atom stereocenters. The van der Waals surface area contributed by atoms with Gasteiger partial charge in [0.05, 0.1) is 0 Å². The Balaban J connectivity index is 1.62. The molecular formula is C22H24N2O. The van der Waals surface area contributed by atoms with Crippen LogP contribution in [0, 0.1) is 0 Å². The molecule has 1 saturated heterocycles. The number of hydrogen-bond acceptors (Lipinski definition) is 1. The van der Waals surface area contributed by atoms with E-state index in [1.54, 1.807) is 0 Å². The number of aromatic amines is 1. The molecule has 3 heteroatoms. The summed E-state index contributed by atoms with van der Waals surface area (Å²) in [6.45, 7) is 3.08. The van der Waals surface area contributed by atoms with Crippen LogP contribution in [-0.2, 0) is 0 Å². The molecule has 0 unspecified atom stereocenters. The van der Waals surface area contributed by atoms with Crippen molar-refractivity contribution in [2.24, 2.45) is 0 Å². The lowest BCUT2D eigenvalue weighted by atomic mass is 9.87. The van der Waals surface area contributed by atoms with Crippen LogP contribution in [0.25, 0.3) is 10.9 Å². The van der Waals surface area contributed by atoms with E-state index >= 15 is 0 Å².